The topological polar surface area (TPSA) is 15.3 Å². The molecule has 0 aromatic rings. The van der Waals surface area contributed by atoms with E-state index < -0.39 is 12.6 Å². The van der Waals surface area contributed by atoms with Gasteiger partial charge in [0.15, 0.2) is 0 Å². The van der Waals surface area contributed by atoms with E-state index in [0.29, 0.717) is 5.92 Å². The van der Waals surface area contributed by atoms with Crippen LogP contribution in [0.1, 0.15) is 27.2 Å². The molecule has 98 valence electrons. The Labute approximate surface area is 96.2 Å². The molecule has 0 amide bonds. The van der Waals surface area contributed by atoms with Crippen LogP contribution in [0.5, 0.6) is 0 Å². The van der Waals surface area contributed by atoms with Gasteiger partial charge < -0.3 is 10.2 Å². The molecule has 0 heterocycles. The monoisotopic (exact) mass is 240 g/mol. The van der Waals surface area contributed by atoms with Crippen molar-refractivity contribution in [2.24, 2.45) is 5.92 Å². The molecule has 16 heavy (non-hydrogen) atoms. The molecule has 0 bridgehead atoms. The van der Waals surface area contributed by atoms with E-state index >= 15 is 0 Å². The summed E-state index contributed by atoms with van der Waals surface area (Å²) in [6.07, 6.45) is -4.80. The number of halogens is 3. The summed E-state index contributed by atoms with van der Waals surface area (Å²) in [7, 11) is 1.76. The van der Waals surface area contributed by atoms with Gasteiger partial charge in [-0.1, -0.05) is 20.8 Å². The number of nitrogens with one attached hydrogen (secondary N) is 1. The molecule has 1 atom stereocenters. The second kappa shape index (κ2) is 7.12. The predicted octanol–water partition coefficient (Wildman–Crippen LogP) is 2.50. The van der Waals surface area contributed by atoms with Crippen molar-refractivity contribution in [1.29, 1.82) is 0 Å². The number of hydrogen-bond acceptors (Lipinski definition) is 2. The van der Waals surface area contributed by atoms with E-state index in [1.807, 2.05) is 20.8 Å². The average molecular weight is 240 g/mol. The van der Waals surface area contributed by atoms with Crippen LogP contribution in [-0.4, -0.2) is 43.8 Å². The van der Waals surface area contributed by atoms with Gasteiger partial charge in [0, 0.05) is 19.1 Å². The maximum Gasteiger partial charge on any atom is 0.390 e. The van der Waals surface area contributed by atoms with Crippen molar-refractivity contribution >= 4 is 0 Å². The second-order valence-corrected chi connectivity index (χ2v) is 4.46. The standard InChI is InChI=1S/C11H23F3N2/c1-5-15-8-10(9(2)3)16(4)7-6-11(12,13)14/h9-10,15H,5-8H2,1-4H3. The molecule has 0 saturated carbocycles. The SMILES string of the molecule is CCNCC(C(C)C)N(C)CCC(F)(F)F. The minimum absolute atomic E-state index is 0.0672. The lowest BCUT2D eigenvalue weighted by atomic mass is 10.0. The molecule has 1 unspecified atom stereocenters. The number of rotatable bonds is 7. The van der Waals surface area contributed by atoms with Crippen molar-refractivity contribution in [2.45, 2.75) is 39.4 Å². The largest absolute Gasteiger partial charge is 0.390 e. The molecule has 0 aliphatic heterocycles. The first-order valence-corrected chi connectivity index (χ1v) is 5.75. The minimum atomic E-state index is -4.06. The maximum absolute atomic E-state index is 12.1. The quantitative estimate of drug-likeness (QED) is 0.735. The summed E-state index contributed by atoms with van der Waals surface area (Å²) in [6, 6.07) is 0.155. The van der Waals surface area contributed by atoms with Gasteiger partial charge in [0.1, 0.15) is 0 Å². The van der Waals surface area contributed by atoms with Crippen LogP contribution in [-0.2, 0) is 0 Å². The maximum atomic E-state index is 12.1. The fraction of sp³-hybridized carbons (Fsp3) is 1.00. The molecule has 0 aliphatic carbocycles. The predicted molar refractivity (Wildman–Crippen MR) is 60.5 cm³/mol. The highest BCUT2D eigenvalue weighted by atomic mass is 19.4. The highest BCUT2D eigenvalue weighted by molar-refractivity contribution is 4.75. The molecule has 0 aromatic carbocycles. The molecule has 0 fully saturated rings. The Morgan fingerprint density at radius 3 is 2.19 bits per heavy atom. The zero-order valence-electron chi connectivity index (χ0n) is 10.6. The van der Waals surface area contributed by atoms with Gasteiger partial charge in [-0.05, 0) is 19.5 Å². The Hall–Kier alpha value is -0.290. The molecule has 0 radical (unpaired) electrons. The highest BCUT2D eigenvalue weighted by Gasteiger charge is 2.29. The van der Waals surface area contributed by atoms with Gasteiger partial charge in [-0.15, -0.1) is 0 Å². The number of hydrogen-bond donors (Lipinski definition) is 1. The Morgan fingerprint density at radius 2 is 1.81 bits per heavy atom. The van der Waals surface area contributed by atoms with E-state index in [1.165, 1.54) is 0 Å². The van der Waals surface area contributed by atoms with E-state index in [9.17, 15) is 13.2 Å². The number of alkyl halides is 3. The third-order valence-corrected chi connectivity index (χ3v) is 2.69. The van der Waals surface area contributed by atoms with Crippen LogP contribution in [0.3, 0.4) is 0 Å². The summed E-state index contributed by atoms with van der Waals surface area (Å²) < 4.78 is 36.3. The summed E-state index contributed by atoms with van der Waals surface area (Å²) in [5.74, 6) is 0.345. The Kier molecular flexibility index (Phi) is 6.99. The lowest BCUT2D eigenvalue weighted by Gasteiger charge is -2.31. The van der Waals surface area contributed by atoms with Crippen LogP contribution in [0, 0.1) is 5.92 Å². The number of likely N-dealkylation sites (N-methyl/N-ethyl adjacent to an activating group) is 2. The van der Waals surface area contributed by atoms with Crippen molar-refractivity contribution in [3.63, 3.8) is 0 Å². The van der Waals surface area contributed by atoms with Crippen molar-refractivity contribution in [2.75, 3.05) is 26.7 Å². The van der Waals surface area contributed by atoms with Gasteiger partial charge in [0.25, 0.3) is 0 Å². The van der Waals surface area contributed by atoms with Crippen LogP contribution in [0.25, 0.3) is 0 Å². The van der Waals surface area contributed by atoms with Gasteiger partial charge in [-0.2, -0.15) is 13.2 Å². The van der Waals surface area contributed by atoms with Gasteiger partial charge in [0.05, 0.1) is 6.42 Å². The lowest BCUT2D eigenvalue weighted by Crippen LogP contribution is -2.44. The Morgan fingerprint density at radius 1 is 1.25 bits per heavy atom. The van der Waals surface area contributed by atoms with Gasteiger partial charge in [-0.25, -0.2) is 0 Å². The van der Waals surface area contributed by atoms with Crippen molar-refractivity contribution < 1.29 is 13.2 Å². The van der Waals surface area contributed by atoms with E-state index in [4.69, 9.17) is 0 Å². The molecule has 2 nitrogen and oxygen atoms in total. The molecule has 0 saturated heterocycles. The van der Waals surface area contributed by atoms with Crippen LogP contribution >= 0.6 is 0 Å². The molecular formula is C11H23F3N2. The molecule has 5 heteroatoms. The zero-order chi connectivity index (χ0) is 12.8. The first-order chi connectivity index (χ1) is 7.28. The summed E-state index contributed by atoms with van der Waals surface area (Å²) in [5.41, 5.74) is 0. The molecule has 0 aliphatic rings. The molecule has 0 rings (SSSR count). The second-order valence-electron chi connectivity index (χ2n) is 4.46. The number of nitrogens with zero attached hydrogens (tertiary/aromatic N) is 1. The van der Waals surface area contributed by atoms with E-state index in [1.54, 1.807) is 11.9 Å². The van der Waals surface area contributed by atoms with E-state index in [-0.39, 0.29) is 12.6 Å². The molecular weight excluding hydrogens is 217 g/mol. The van der Waals surface area contributed by atoms with E-state index in [2.05, 4.69) is 5.32 Å². The first-order valence-electron chi connectivity index (χ1n) is 5.75. The normalized spacial score (nSPS) is 14.8. The molecule has 1 N–H and O–H groups in total. The van der Waals surface area contributed by atoms with Crippen molar-refractivity contribution in [3.8, 4) is 0 Å². The fourth-order valence-corrected chi connectivity index (χ4v) is 1.66. The first kappa shape index (κ1) is 15.7. The van der Waals surface area contributed by atoms with Crippen LogP contribution in [0.4, 0.5) is 13.2 Å². The summed E-state index contributed by atoms with van der Waals surface area (Å²) >= 11 is 0. The highest BCUT2D eigenvalue weighted by Crippen LogP contribution is 2.20. The summed E-state index contributed by atoms with van der Waals surface area (Å²) in [4.78, 5) is 1.79. The lowest BCUT2D eigenvalue weighted by molar-refractivity contribution is -0.138. The zero-order valence-corrected chi connectivity index (χ0v) is 10.6. The third kappa shape index (κ3) is 7.06. The third-order valence-electron chi connectivity index (χ3n) is 2.69. The average Bonchev–Trinajstić information content (AvgIpc) is 2.13. The van der Waals surface area contributed by atoms with Crippen LogP contribution in [0.2, 0.25) is 0 Å². The van der Waals surface area contributed by atoms with Gasteiger partial charge >= 0.3 is 6.18 Å². The molecule has 0 aromatic heterocycles. The smallest absolute Gasteiger partial charge is 0.315 e. The van der Waals surface area contributed by atoms with E-state index in [0.717, 1.165) is 13.1 Å². The summed E-state index contributed by atoms with van der Waals surface area (Å²) in [6.45, 7) is 7.71. The van der Waals surface area contributed by atoms with Crippen LogP contribution in [0.15, 0.2) is 0 Å². The van der Waals surface area contributed by atoms with Crippen molar-refractivity contribution in [3.05, 3.63) is 0 Å². The van der Waals surface area contributed by atoms with Gasteiger partial charge in [-0.3, -0.25) is 0 Å². The van der Waals surface area contributed by atoms with Crippen molar-refractivity contribution in [1.82, 2.24) is 10.2 Å². The van der Waals surface area contributed by atoms with Gasteiger partial charge in [0.2, 0.25) is 0 Å². The van der Waals surface area contributed by atoms with Crippen LogP contribution < -0.4 is 5.32 Å². The Bertz CT molecular complexity index is 181. The summed E-state index contributed by atoms with van der Waals surface area (Å²) in [5, 5.41) is 3.18. The Balaban J connectivity index is 4.11. The minimum Gasteiger partial charge on any atom is -0.315 e. The fourth-order valence-electron chi connectivity index (χ4n) is 1.66. The molecule has 0 spiro atoms.